The first-order valence-corrected chi connectivity index (χ1v) is 5.97. The summed E-state index contributed by atoms with van der Waals surface area (Å²) in [5, 5.41) is 10.9. The Morgan fingerprint density at radius 2 is 1.85 bits per heavy atom. The van der Waals surface area contributed by atoms with Crippen molar-refractivity contribution >= 4 is 28.3 Å². The zero-order valence-corrected chi connectivity index (χ0v) is 11.0. The fourth-order valence-corrected chi connectivity index (χ4v) is 1.96. The van der Waals surface area contributed by atoms with Gasteiger partial charge in [0, 0.05) is 15.8 Å². The maximum atomic E-state index is 10.9. The van der Waals surface area contributed by atoms with Gasteiger partial charge in [0.25, 0.3) is 0 Å². The highest BCUT2D eigenvalue weighted by Crippen LogP contribution is 2.31. The Bertz CT molecular complexity index is 700. The van der Waals surface area contributed by atoms with Crippen molar-refractivity contribution in [1.29, 1.82) is 0 Å². The van der Waals surface area contributed by atoms with Gasteiger partial charge in [-0.25, -0.2) is 4.79 Å². The fourth-order valence-electron chi connectivity index (χ4n) is 1.73. The van der Waals surface area contributed by atoms with Gasteiger partial charge >= 0.3 is 5.97 Å². The van der Waals surface area contributed by atoms with E-state index in [4.69, 9.17) is 33.0 Å². The number of carbonyl (C=O) groups is 1. The van der Waals surface area contributed by atoms with Gasteiger partial charge in [-0.05, 0) is 12.1 Å². The first-order chi connectivity index (χ1) is 9.54. The topological polar surface area (TPSA) is 111 Å². The third-order valence-corrected chi connectivity index (χ3v) is 2.98. The van der Waals surface area contributed by atoms with Crippen molar-refractivity contribution in [2.24, 2.45) is 11.6 Å². The molecule has 0 amide bonds. The van der Waals surface area contributed by atoms with Gasteiger partial charge in [-0.2, -0.15) is 0 Å². The summed E-state index contributed by atoms with van der Waals surface area (Å²) in [4.78, 5) is 10.9. The van der Waals surface area contributed by atoms with E-state index in [0.29, 0.717) is 16.2 Å². The zero-order chi connectivity index (χ0) is 14.7. The molecule has 0 aliphatic carbocycles. The lowest BCUT2D eigenvalue weighted by Crippen LogP contribution is -2.31. The maximum Gasteiger partial charge on any atom is 0.358 e. The molecule has 0 aromatic heterocycles. The van der Waals surface area contributed by atoms with Crippen molar-refractivity contribution in [2.75, 3.05) is 0 Å². The summed E-state index contributed by atoms with van der Waals surface area (Å²) in [7, 11) is 0. The van der Waals surface area contributed by atoms with Gasteiger partial charge in [0.05, 0.1) is 0 Å². The summed E-state index contributed by atoms with van der Waals surface area (Å²) in [6.45, 7) is 0. The SMILES string of the molecule is NN/C(C(=O)O)=C(\N)Oc1ccc(Cl)c2ccccc12. The second-order valence-electron chi connectivity index (χ2n) is 3.88. The molecule has 0 aliphatic heterocycles. The molecule has 104 valence electrons. The minimum atomic E-state index is -1.32. The number of halogens is 1. The number of fused-ring (bicyclic) bond motifs is 1. The monoisotopic (exact) mass is 293 g/mol. The number of carboxylic acid groups (broad SMARTS) is 1. The van der Waals surface area contributed by atoms with Crippen LogP contribution in [-0.2, 0) is 4.79 Å². The standard InChI is InChI=1S/C13H12ClN3O3/c14-9-5-6-10(8-4-2-1-3-7(8)9)20-12(15)11(17-16)13(18)19/h1-6,17H,15-16H2,(H,18,19)/b12-11+. The highest BCUT2D eigenvalue weighted by molar-refractivity contribution is 6.35. The van der Waals surface area contributed by atoms with Crippen molar-refractivity contribution in [3.05, 3.63) is 53.0 Å². The molecule has 7 heteroatoms. The van der Waals surface area contributed by atoms with Gasteiger partial charge in [0.15, 0.2) is 5.70 Å². The van der Waals surface area contributed by atoms with E-state index in [1.807, 2.05) is 23.6 Å². The number of nitrogens with two attached hydrogens (primary N) is 2. The largest absolute Gasteiger partial charge is 0.476 e. The van der Waals surface area contributed by atoms with Crippen LogP contribution in [0.5, 0.6) is 5.75 Å². The average molecular weight is 294 g/mol. The molecule has 0 radical (unpaired) electrons. The van der Waals surface area contributed by atoms with Gasteiger partial charge in [0.2, 0.25) is 5.88 Å². The minimum Gasteiger partial charge on any atom is -0.476 e. The summed E-state index contributed by atoms with van der Waals surface area (Å²) < 4.78 is 5.37. The van der Waals surface area contributed by atoms with Gasteiger partial charge in [-0.15, -0.1) is 0 Å². The van der Waals surface area contributed by atoms with Crippen LogP contribution in [0.4, 0.5) is 0 Å². The highest BCUT2D eigenvalue weighted by atomic mass is 35.5. The van der Waals surface area contributed by atoms with Crippen LogP contribution in [0.2, 0.25) is 5.02 Å². The maximum absolute atomic E-state index is 10.9. The van der Waals surface area contributed by atoms with E-state index in [2.05, 4.69) is 0 Å². The number of rotatable bonds is 4. The molecule has 0 spiro atoms. The molecule has 0 unspecified atom stereocenters. The first-order valence-electron chi connectivity index (χ1n) is 5.59. The molecule has 0 fully saturated rings. The Hall–Kier alpha value is -2.44. The highest BCUT2D eigenvalue weighted by Gasteiger charge is 2.14. The Balaban J connectivity index is 2.50. The Labute approximate surface area is 119 Å². The van der Waals surface area contributed by atoms with Gasteiger partial charge in [-0.1, -0.05) is 35.9 Å². The van der Waals surface area contributed by atoms with E-state index in [1.165, 1.54) is 0 Å². The van der Waals surface area contributed by atoms with Crippen molar-refractivity contribution in [3.63, 3.8) is 0 Å². The number of benzene rings is 2. The van der Waals surface area contributed by atoms with E-state index in [-0.39, 0.29) is 5.88 Å². The van der Waals surface area contributed by atoms with E-state index >= 15 is 0 Å². The molecule has 0 bridgehead atoms. The Kier molecular flexibility index (Phi) is 3.97. The number of ether oxygens (including phenoxy) is 1. The normalized spacial score (nSPS) is 11.9. The quantitative estimate of drug-likeness (QED) is 0.295. The lowest BCUT2D eigenvalue weighted by Gasteiger charge is -2.12. The molecule has 0 saturated carbocycles. The predicted octanol–water partition coefficient (Wildman–Crippen LogP) is 1.55. The average Bonchev–Trinajstić information content (AvgIpc) is 2.42. The van der Waals surface area contributed by atoms with Crippen LogP contribution in [0.15, 0.2) is 48.0 Å². The van der Waals surface area contributed by atoms with Crippen LogP contribution in [0.25, 0.3) is 10.8 Å². The second kappa shape index (κ2) is 5.68. The lowest BCUT2D eigenvalue weighted by molar-refractivity contribution is -0.133. The number of hydrogen-bond acceptors (Lipinski definition) is 5. The van der Waals surface area contributed by atoms with Gasteiger partial charge in [0.1, 0.15) is 5.75 Å². The lowest BCUT2D eigenvalue weighted by atomic mass is 10.1. The molecule has 0 aliphatic rings. The number of hydrogen-bond donors (Lipinski definition) is 4. The third-order valence-electron chi connectivity index (χ3n) is 2.66. The van der Waals surface area contributed by atoms with E-state index in [1.54, 1.807) is 18.2 Å². The summed E-state index contributed by atoms with van der Waals surface area (Å²) >= 11 is 6.08. The van der Waals surface area contributed by atoms with Gasteiger partial charge < -0.3 is 21.0 Å². The minimum absolute atomic E-state index is 0.340. The van der Waals surface area contributed by atoms with Crippen LogP contribution in [0.3, 0.4) is 0 Å². The summed E-state index contributed by atoms with van der Waals surface area (Å²) in [5.41, 5.74) is 7.15. The molecule has 2 aromatic rings. The fraction of sp³-hybridized carbons (Fsp3) is 0. The van der Waals surface area contributed by atoms with Crippen LogP contribution >= 0.6 is 11.6 Å². The number of hydrazine groups is 1. The Morgan fingerprint density at radius 3 is 2.45 bits per heavy atom. The predicted molar refractivity (Wildman–Crippen MR) is 75.8 cm³/mol. The molecule has 0 atom stereocenters. The van der Waals surface area contributed by atoms with Crippen molar-refractivity contribution in [3.8, 4) is 5.75 Å². The summed E-state index contributed by atoms with van der Waals surface area (Å²) in [5.74, 6) is 3.82. The van der Waals surface area contributed by atoms with Gasteiger partial charge in [-0.3, -0.25) is 5.84 Å². The molecule has 0 saturated heterocycles. The molecule has 6 N–H and O–H groups in total. The molecule has 20 heavy (non-hydrogen) atoms. The van der Waals surface area contributed by atoms with Crippen molar-refractivity contribution in [1.82, 2.24) is 5.43 Å². The third kappa shape index (κ3) is 2.61. The second-order valence-corrected chi connectivity index (χ2v) is 4.29. The van der Waals surface area contributed by atoms with Crippen molar-refractivity contribution < 1.29 is 14.6 Å². The molecule has 2 aromatic carbocycles. The number of carboxylic acids is 1. The van der Waals surface area contributed by atoms with E-state index < -0.39 is 11.7 Å². The van der Waals surface area contributed by atoms with Crippen LogP contribution < -0.4 is 21.7 Å². The van der Waals surface area contributed by atoms with Crippen molar-refractivity contribution in [2.45, 2.75) is 0 Å². The molecule has 0 heterocycles. The molecule has 6 nitrogen and oxygen atoms in total. The van der Waals surface area contributed by atoms with E-state index in [9.17, 15) is 4.79 Å². The molecular weight excluding hydrogens is 282 g/mol. The zero-order valence-electron chi connectivity index (χ0n) is 10.3. The number of aliphatic carboxylic acids is 1. The Morgan fingerprint density at radius 1 is 1.20 bits per heavy atom. The summed E-state index contributed by atoms with van der Waals surface area (Å²) in [6.07, 6.45) is 0. The van der Waals surface area contributed by atoms with Crippen LogP contribution in [-0.4, -0.2) is 11.1 Å². The molecular formula is C13H12ClN3O3. The summed E-state index contributed by atoms with van der Waals surface area (Å²) in [6, 6.07) is 10.5. The van der Waals surface area contributed by atoms with Crippen LogP contribution in [0, 0.1) is 0 Å². The van der Waals surface area contributed by atoms with E-state index in [0.717, 1.165) is 5.39 Å². The molecule has 2 rings (SSSR count). The number of nitrogens with one attached hydrogen (secondary N) is 1. The smallest absolute Gasteiger partial charge is 0.358 e. The first kappa shape index (κ1) is 14.0. The van der Waals surface area contributed by atoms with Crippen LogP contribution in [0.1, 0.15) is 0 Å².